The first-order valence-electron chi connectivity index (χ1n) is 9.29. The van der Waals surface area contributed by atoms with E-state index in [-0.39, 0.29) is 17.8 Å². The normalized spacial score (nSPS) is 17.2. The SMILES string of the molecule is CCOC(=O)[C@@H]1CCCN(C(=O)c2ccc(-n3ccc4ccccc43)s2)C1. The summed E-state index contributed by atoms with van der Waals surface area (Å²) in [6.07, 6.45) is 3.64. The highest BCUT2D eigenvalue weighted by Gasteiger charge is 2.30. The van der Waals surface area contributed by atoms with Crippen molar-refractivity contribution in [3.63, 3.8) is 0 Å². The number of para-hydroxylation sites is 1. The van der Waals surface area contributed by atoms with Crippen molar-refractivity contribution in [2.75, 3.05) is 19.7 Å². The number of piperidine rings is 1. The van der Waals surface area contributed by atoms with Gasteiger partial charge in [-0.2, -0.15) is 0 Å². The molecule has 0 saturated carbocycles. The molecule has 0 N–H and O–H groups in total. The van der Waals surface area contributed by atoms with Gasteiger partial charge in [0.2, 0.25) is 0 Å². The third-order valence-electron chi connectivity index (χ3n) is 4.97. The lowest BCUT2D eigenvalue weighted by Gasteiger charge is -2.31. The van der Waals surface area contributed by atoms with Crippen LogP contribution < -0.4 is 0 Å². The second-order valence-corrected chi connectivity index (χ2v) is 7.79. The van der Waals surface area contributed by atoms with Crippen molar-refractivity contribution in [3.8, 4) is 5.00 Å². The van der Waals surface area contributed by atoms with Crippen LogP contribution in [-0.4, -0.2) is 41.0 Å². The highest BCUT2D eigenvalue weighted by molar-refractivity contribution is 7.16. The average Bonchev–Trinajstić information content (AvgIpc) is 3.34. The number of nitrogens with zero attached hydrogens (tertiary/aromatic N) is 2. The Labute approximate surface area is 162 Å². The second-order valence-electron chi connectivity index (χ2n) is 6.72. The molecule has 2 aromatic heterocycles. The molecule has 0 spiro atoms. The number of hydrogen-bond acceptors (Lipinski definition) is 4. The maximum Gasteiger partial charge on any atom is 0.310 e. The van der Waals surface area contributed by atoms with Crippen molar-refractivity contribution < 1.29 is 14.3 Å². The van der Waals surface area contributed by atoms with Gasteiger partial charge in [-0.25, -0.2) is 0 Å². The fourth-order valence-corrected chi connectivity index (χ4v) is 4.59. The van der Waals surface area contributed by atoms with Crippen molar-refractivity contribution >= 4 is 34.1 Å². The molecule has 1 atom stereocenters. The number of benzene rings is 1. The van der Waals surface area contributed by atoms with Crippen molar-refractivity contribution in [1.82, 2.24) is 9.47 Å². The molecule has 140 valence electrons. The molecule has 3 heterocycles. The molecule has 1 amide bonds. The predicted octanol–water partition coefficient (Wildman–Crippen LogP) is 4.11. The van der Waals surface area contributed by atoms with Gasteiger partial charge in [-0.3, -0.25) is 9.59 Å². The lowest BCUT2D eigenvalue weighted by molar-refractivity contribution is -0.149. The quantitative estimate of drug-likeness (QED) is 0.638. The van der Waals surface area contributed by atoms with Crippen LogP contribution in [0.1, 0.15) is 29.4 Å². The van der Waals surface area contributed by atoms with Gasteiger partial charge in [-0.1, -0.05) is 18.2 Å². The van der Waals surface area contributed by atoms with Crippen LogP contribution in [0.5, 0.6) is 0 Å². The number of esters is 1. The third-order valence-corrected chi connectivity index (χ3v) is 6.04. The summed E-state index contributed by atoms with van der Waals surface area (Å²) in [6.45, 7) is 3.32. The van der Waals surface area contributed by atoms with Gasteiger partial charge in [0, 0.05) is 19.3 Å². The van der Waals surface area contributed by atoms with Gasteiger partial charge in [-0.15, -0.1) is 11.3 Å². The zero-order valence-corrected chi connectivity index (χ0v) is 16.1. The molecule has 0 aliphatic carbocycles. The number of hydrogen-bond donors (Lipinski definition) is 0. The Hall–Kier alpha value is -2.60. The molecule has 4 rings (SSSR count). The highest BCUT2D eigenvalue weighted by Crippen LogP contribution is 2.28. The van der Waals surface area contributed by atoms with Crippen LogP contribution in [0.4, 0.5) is 0 Å². The molecule has 0 unspecified atom stereocenters. The summed E-state index contributed by atoms with van der Waals surface area (Å²) in [5.41, 5.74) is 1.12. The zero-order valence-electron chi connectivity index (χ0n) is 15.3. The number of amides is 1. The van der Waals surface area contributed by atoms with E-state index in [1.807, 2.05) is 37.4 Å². The number of aromatic nitrogens is 1. The van der Waals surface area contributed by atoms with Gasteiger partial charge in [0.15, 0.2) is 0 Å². The highest BCUT2D eigenvalue weighted by atomic mass is 32.1. The van der Waals surface area contributed by atoms with Gasteiger partial charge in [-0.05, 0) is 49.4 Å². The lowest BCUT2D eigenvalue weighted by atomic mass is 9.98. The first-order chi connectivity index (χ1) is 13.2. The largest absolute Gasteiger partial charge is 0.466 e. The van der Waals surface area contributed by atoms with E-state index < -0.39 is 0 Å². The van der Waals surface area contributed by atoms with E-state index >= 15 is 0 Å². The van der Waals surface area contributed by atoms with Gasteiger partial charge < -0.3 is 14.2 Å². The van der Waals surface area contributed by atoms with E-state index in [1.54, 1.807) is 4.90 Å². The summed E-state index contributed by atoms with van der Waals surface area (Å²) in [4.78, 5) is 27.5. The molecule has 0 bridgehead atoms. The van der Waals surface area contributed by atoms with E-state index in [4.69, 9.17) is 4.74 Å². The maximum absolute atomic E-state index is 12.9. The molecule has 1 fully saturated rings. The molecule has 5 nitrogen and oxygen atoms in total. The number of ether oxygens (including phenoxy) is 1. The summed E-state index contributed by atoms with van der Waals surface area (Å²) in [7, 11) is 0. The van der Waals surface area contributed by atoms with Crippen LogP contribution in [0.3, 0.4) is 0 Å². The second kappa shape index (κ2) is 7.56. The zero-order chi connectivity index (χ0) is 18.8. The molecule has 27 heavy (non-hydrogen) atoms. The van der Waals surface area contributed by atoms with E-state index in [0.29, 0.717) is 24.6 Å². The van der Waals surface area contributed by atoms with Gasteiger partial charge >= 0.3 is 5.97 Å². The Morgan fingerprint density at radius 3 is 2.89 bits per heavy atom. The van der Waals surface area contributed by atoms with Crippen LogP contribution in [0.15, 0.2) is 48.7 Å². The molecular weight excluding hydrogens is 360 g/mol. The Balaban J connectivity index is 1.53. The van der Waals surface area contributed by atoms with Crippen LogP contribution in [0, 0.1) is 5.92 Å². The minimum absolute atomic E-state index is 0.00305. The van der Waals surface area contributed by atoms with Crippen molar-refractivity contribution in [2.24, 2.45) is 5.92 Å². The molecule has 1 saturated heterocycles. The summed E-state index contributed by atoms with van der Waals surface area (Å²) < 4.78 is 7.24. The molecular formula is C21H22N2O3S. The standard InChI is InChI=1S/C21H22N2O3S/c1-2-26-21(25)16-7-5-12-22(14-16)20(24)18-9-10-19(27-18)23-13-11-15-6-3-4-8-17(15)23/h3-4,6,8-11,13,16H,2,5,7,12,14H2,1H3/t16-/m1/s1. The Morgan fingerprint density at radius 2 is 2.04 bits per heavy atom. The van der Waals surface area contributed by atoms with E-state index in [2.05, 4.69) is 22.8 Å². The molecule has 1 aliphatic heterocycles. The summed E-state index contributed by atoms with van der Waals surface area (Å²) in [5.74, 6) is -0.409. The first kappa shape index (κ1) is 17.8. The number of thiophene rings is 1. The maximum atomic E-state index is 12.9. The molecule has 6 heteroatoms. The van der Waals surface area contributed by atoms with Crippen LogP contribution >= 0.6 is 11.3 Å². The van der Waals surface area contributed by atoms with Crippen LogP contribution in [0.2, 0.25) is 0 Å². The fraction of sp³-hybridized carbons (Fsp3) is 0.333. The van der Waals surface area contributed by atoms with Crippen LogP contribution in [-0.2, 0) is 9.53 Å². The van der Waals surface area contributed by atoms with Gasteiger partial charge in [0.1, 0.15) is 5.00 Å². The topological polar surface area (TPSA) is 51.5 Å². The van der Waals surface area contributed by atoms with E-state index in [1.165, 1.54) is 16.7 Å². The number of likely N-dealkylation sites (tertiary alicyclic amines) is 1. The third kappa shape index (κ3) is 3.49. The lowest BCUT2D eigenvalue weighted by Crippen LogP contribution is -2.42. The fourth-order valence-electron chi connectivity index (χ4n) is 3.62. The Bertz CT molecular complexity index is 975. The van der Waals surface area contributed by atoms with E-state index in [0.717, 1.165) is 23.4 Å². The molecule has 1 aliphatic rings. The smallest absolute Gasteiger partial charge is 0.310 e. The minimum atomic E-state index is -0.213. The van der Waals surface area contributed by atoms with Crippen molar-refractivity contribution in [1.29, 1.82) is 0 Å². The van der Waals surface area contributed by atoms with E-state index in [9.17, 15) is 9.59 Å². The summed E-state index contributed by atoms with van der Waals surface area (Å²) in [6, 6.07) is 14.1. The van der Waals surface area contributed by atoms with Crippen molar-refractivity contribution in [3.05, 3.63) is 53.5 Å². The Kier molecular flexibility index (Phi) is 4.99. The monoisotopic (exact) mass is 382 g/mol. The van der Waals surface area contributed by atoms with Crippen molar-refractivity contribution in [2.45, 2.75) is 19.8 Å². The first-order valence-corrected chi connectivity index (χ1v) is 10.1. The predicted molar refractivity (Wildman–Crippen MR) is 106 cm³/mol. The molecule has 0 radical (unpaired) electrons. The van der Waals surface area contributed by atoms with Gasteiger partial charge in [0.25, 0.3) is 5.91 Å². The average molecular weight is 382 g/mol. The summed E-state index contributed by atoms with van der Waals surface area (Å²) in [5, 5.41) is 2.19. The Morgan fingerprint density at radius 1 is 1.19 bits per heavy atom. The minimum Gasteiger partial charge on any atom is -0.466 e. The number of fused-ring (bicyclic) bond motifs is 1. The van der Waals surface area contributed by atoms with Crippen LogP contribution in [0.25, 0.3) is 15.9 Å². The number of carbonyl (C=O) groups is 2. The molecule has 3 aromatic rings. The summed E-state index contributed by atoms with van der Waals surface area (Å²) >= 11 is 1.48. The molecule has 1 aromatic carbocycles. The number of carbonyl (C=O) groups excluding carboxylic acids is 2. The number of rotatable bonds is 4. The van der Waals surface area contributed by atoms with Gasteiger partial charge in [0.05, 0.1) is 22.9 Å².